The molecule has 0 heterocycles. The molecule has 3 unspecified atom stereocenters. The van der Waals surface area contributed by atoms with Crippen LogP contribution in [0.2, 0.25) is 0 Å². The molecule has 0 aliphatic heterocycles. The van der Waals surface area contributed by atoms with Gasteiger partial charge >= 0.3 is 5.97 Å². The van der Waals surface area contributed by atoms with Crippen LogP contribution in [0.3, 0.4) is 0 Å². The normalized spacial score (nSPS) is 38.6. The molecule has 3 saturated carbocycles. The van der Waals surface area contributed by atoms with Gasteiger partial charge in [-0.3, -0.25) is 4.79 Å². The number of aliphatic hydroxyl groups is 1. The van der Waals surface area contributed by atoms with Crippen molar-refractivity contribution >= 4 is 5.97 Å². The molecule has 3 fully saturated rings. The van der Waals surface area contributed by atoms with Gasteiger partial charge in [0, 0.05) is 6.04 Å². The van der Waals surface area contributed by atoms with Crippen LogP contribution in [0.1, 0.15) is 111 Å². The molecule has 0 bridgehead atoms. The number of hydrogen-bond donors (Lipinski definition) is 5. The number of fused-ring (bicyclic) bond motifs is 5. The summed E-state index contributed by atoms with van der Waals surface area (Å²) in [5.74, 6) is 2.01. The Bertz CT molecular complexity index is 863. The number of aliphatic carboxylic acids is 1. The summed E-state index contributed by atoms with van der Waals surface area (Å²) in [4.78, 5) is 11.2. The molecule has 6 N–H and O–H groups in total. The minimum absolute atomic E-state index is 0.241. The Morgan fingerprint density at radius 2 is 1.77 bits per heavy atom. The van der Waals surface area contributed by atoms with E-state index in [0.29, 0.717) is 41.0 Å². The van der Waals surface area contributed by atoms with Crippen molar-refractivity contribution in [2.24, 2.45) is 52.1 Å². The number of carbonyl (C=O) groups is 1. The molecule has 0 spiro atoms. The average Bonchev–Trinajstić information content (AvgIpc) is 3.27. The number of unbranched alkanes of at least 4 members (excludes halogenated alkanes) is 1. The summed E-state index contributed by atoms with van der Waals surface area (Å²) in [6.45, 7) is 13.3. The molecule has 0 aromatic heterocycles. The highest BCUT2D eigenvalue weighted by molar-refractivity contribution is 5.69. The zero-order valence-corrected chi connectivity index (χ0v) is 26.1. The van der Waals surface area contributed by atoms with Crippen molar-refractivity contribution in [3.05, 3.63) is 11.6 Å². The lowest BCUT2D eigenvalue weighted by Crippen LogP contribution is -2.55. The molecule has 4 rings (SSSR count). The Hall–Kier alpha value is -0.950. The van der Waals surface area contributed by atoms with E-state index in [0.717, 1.165) is 71.1 Å². The van der Waals surface area contributed by atoms with Crippen molar-refractivity contribution in [1.29, 1.82) is 0 Å². The summed E-state index contributed by atoms with van der Waals surface area (Å²) in [7, 11) is 0. The van der Waals surface area contributed by atoms with Crippen LogP contribution in [0, 0.1) is 46.3 Å². The van der Waals surface area contributed by atoms with E-state index in [9.17, 15) is 15.0 Å². The van der Waals surface area contributed by atoms with Gasteiger partial charge in [-0.1, -0.05) is 52.2 Å². The quantitative estimate of drug-likeness (QED) is 0.129. The topological polar surface area (TPSA) is 108 Å². The van der Waals surface area contributed by atoms with Crippen LogP contribution in [-0.4, -0.2) is 54.5 Å². The first-order valence-electron chi connectivity index (χ1n) is 16.9. The summed E-state index contributed by atoms with van der Waals surface area (Å²) in [6.07, 6.45) is 17.0. The van der Waals surface area contributed by atoms with Crippen molar-refractivity contribution < 1.29 is 15.0 Å². The van der Waals surface area contributed by atoms with Gasteiger partial charge in [-0.15, -0.1) is 0 Å². The lowest BCUT2D eigenvalue weighted by molar-refractivity contribution is -0.141. The van der Waals surface area contributed by atoms with Gasteiger partial charge in [0.15, 0.2) is 0 Å². The van der Waals surface area contributed by atoms with Crippen LogP contribution in [0.4, 0.5) is 0 Å². The van der Waals surface area contributed by atoms with E-state index in [1.54, 1.807) is 0 Å². The number of hydrogen-bond acceptors (Lipinski definition) is 5. The summed E-state index contributed by atoms with van der Waals surface area (Å²) in [5.41, 5.74) is 7.65. The van der Waals surface area contributed by atoms with Gasteiger partial charge in [-0.05, 0) is 137 Å². The molecule has 4 aliphatic carbocycles. The van der Waals surface area contributed by atoms with Gasteiger partial charge in [0.05, 0.1) is 12.0 Å². The summed E-state index contributed by atoms with van der Waals surface area (Å²) in [5, 5.41) is 28.3. The lowest BCUT2D eigenvalue weighted by atomic mass is 9.46. The highest BCUT2D eigenvalue weighted by Crippen LogP contribution is 2.67. The minimum atomic E-state index is -0.669. The van der Waals surface area contributed by atoms with Crippen LogP contribution in [-0.2, 0) is 4.79 Å². The zero-order chi connectivity index (χ0) is 28.9. The summed E-state index contributed by atoms with van der Waals surface area (Å²) in [6, 6.07) is 0.537. The monoisotopic (exact) mass is 559 g/mol. The van der Waals surface area contributed by atoms with Crippen molar-refractivity contribution in [1.82, 2.24) is 10.6 Å². The Labute approximate surface area is 244 Å². The van der Waals surface area contributed by atoms with E-state index in [2.05, 4.69) is 37.5 Å². The van der Waals surface area contributed by atoms with E-state index in [1.807, 2.05) is 6.92 Å². The second kappa shape index (κ2) is 14.0. The molecule has 0 aromatic carbocycles. The van der Waals surface area contributed by atoms with Crippen molar-refractivity contribution in [3.63, 3.8) is 0 Å². The largest absolute Gasteiger partial charge is 0.481 e. The van der Waals surface area contributed by atoms with E-state index >= 15 is 0 Å². The second-order valence-electron chi connectivity index (χ2n) is 14.8. The molecule has 0 aromatic rings. The van der Waals surface area contributed by atoms with Gasteiger partial charge < -0.3 is 26.6 Å². The van der Waals surface area contributed by atoms with Gasteiger partial charge in [0.2, 0.25) is 0 Å². The number of rotatable bonds is 15. The SMILES string of the molecule is C[C@H](CCC[C@@H](C)[C@H]1CCC2C3C(CC[C@@]21C)[C@@]1(C)CC[C@H](NCCCNCCCCN)CC1=C[C@H]3O)C(=O)O. The van der Waals surface area contributed by atoms with Gasteiger partial charge in [-0.2, -0.15) is 0 Å². The fourth-order valence-corrected chi connectivity index (χ4v) is 9.91. The van der Waals surface area contributed by atoms with Crippen LogP contribution in [0.15, 0.2) is 11.6 Å². The highest BCUT2D eigenvalue weighted by Gasteiger charge is 2.61. The van der Waals surface area contributed by atoms with E-state index in [1.165, 1.54) is 44.1 Å². The third-order valence-corrected chi connectivity index (χ3v) is 12.4. The first kappa shape index (κ1) is 32.0. The maximum absolute atomic E-state index is 11.7. The Morgan fingerprint density at radius 3 is 2.52 bits per heavy atom. The molecule has 230 valence electrons. The van der Waals surface area contributed by atoms with E-state index in [4.69, 9.17) is 5.73 Å². The van der Waals surface area contributed by atoms with Crippen LogP contribution in [0.5, 0.6) is 0 Å². The van der Waals surface area contributed by atoms with Crippen molar-refractivity contribution in [2.75, 3.05) is 26.2 Å². The summed E-state index contributed by atoms with van der Waals surface area (Å²) < 4.78 is 0. The maximum atomic E-state index is 11.7. The molecule has 0 saturated heterocycles. The molecule has 10 atom stereocenters. The van der Waals surface area contributed by atoms with Crippen LogP contribution in [0.25, 0.3) is 0 Å². The zero-order valence-electron chi connectivity index (χ0n) is 26.1. The molecule has 0 radical (unpaired) electrons. The Balaban J connectivity index is 1.32. The molecular weight excluding hydrogens is 498 g/mol. The fraction of sp³-hybridized carbons (Fsp3) is 0.912. The number of nitrogens with two attached hydrogens (primary N) is 1. The number of nitrogens with one attached hydrogen (secondary N) is 2. The third kappa shape index (κ3) is 6.82. The maximum Gasteiger partial charge on any atom is 0.306 e. The van der Waals surface area contributed by atoms with E-state index < -0.39 is 5.97 Å². The first-order valence-corrected chi connectivity index (χ1v) is 16.9. The van der Waals surface area contributed by atoms with Gasteiger partial charge in [0.1, 0.15) is 0 Å². The summed E-state index contributed by atoms with van der Waals surface area (Å²) >= 11 is 0. The number of carboxylic acid groups (broad SMARTS) is 1. The molecule has 6 nitrogen and oxygen atoms in total. The van der Waals surface area contributed by atoms with Crippen molar-refractivity contribution in [3.8, 4) is 0 Å². The molecule has 4 aliphatic rings. The average molecular weight is 560 g/mol. The van der Waals surface area contributed by atoms with Gasteiger partial charge in [0.25, 0.3) is 0 Å². The van der Waals surface area contributed by atoms with Crippen LogP contribution >= 0.6 is 0 Å². The second-order valence-corrected chi connectivity index (χ2v) is 14.8. The molecular formula is C34H61N3O3. The predicted octanol–water partition coefficient (Wildman–Crippen LogP) is 5.74. The van der Waals surface area contributed by atoms with Gasteiger partial charge in [-0.25, -0.2) is 0 Å². The highest BCUT2D eigenvalue weighted by atomic mass is 16.4. The van der Waals surface area contributed by atoms with E-state index in [-0.39, 0.29) is 17.4 Å². The molecule has 6 heteroatoms. The Kier molecular flexibility index (Phi) is 11.2. The number of aliphatic hydroxyl groups excluding tert-OH is 1. The smallest absolute Gasteiger partial charge is 0.306 e. The fourth-order valence-electron chi connectivity index (χ4n) is 9.91. The third-order valence-electron chi connectivity index (χ3n) is 12.4. The lowest BCUT2D eigenvalue weighted by Gasteiger charge is -2.59. The minimum Gasteiger partial charge on any atom is -0.481 e. The standard InChI is InChI=1S/C34H61N3O3/c1-23(9-7-10-24(2)32(39)40)27-11-12-28-31-29(14-16-34(27,28)4)33(3)15-13-26(21-25(33)22-30(31)38)37-20-8-19-36-18-6-5-17-35/h22-24,26-31,36-38H,5-21,35H2,1-4H3,(H,39,40)/t23-,24-,26+,27-,28?,29?,30-,31?,33+,34-/m1/s1. The molecule has 0 amide bonds. The number of carboxylic acids is 1. The first-order chi connectivity index (χ1) is 19.1. The Morgan fingerprint density at radius 1 is 1.00 bits per heavy atom. The molecule has 40 heavy (non-hydrogen) atoms. The van der Waals surface area contributed by atoms with Crippen molar-refractivity contribution in [2.45, 2.75) is 123 Å². The predicted molar refractivity (Wildman–Crippen MR) is 164 cm³/mol. The van der Waals surface area contributed by atoms with Crippen LogP contribution < -0.4 is 16.4 Å².